The Morgan fingerprint density at radius 2 is 1.96 bits per heavy atom. The molecule has 0 radical (unpaired) electrons. The lowest BCUT2D eigenvalue weighted by atomic mass is 10.1. The van der Waals surface area contributed by atoms with E-state index in [4.69, 9.17) is 4.74 Å². The number of pyridine rings is 2. The Labute approximate surface area is 148 Å². The van der Waals surface area contributed by atoms with Gasteiger partial charge in [-0.25, -0.2) is 9.97 Å². The number of aromatic nitrogens is 2. The van der Waals surface area contributed by atoms with Crippen LogP contribution in [0.15, 0.2) is 30.5 Å². The number of amides is 1. The van der Waals surface area contributed by atoms with Crippen molar-refractivity contribution in [2.75, 3.05) is 36.5 Å². The van der Waals surface area contributed by atoms with Gasteiger partial charge in [-0.2, -0.15) is 13.2 Å². The van der Waals surface area contributed by atoms with E-state index in [1.165, 1.54) is 6.92 Å². The fourth-order valence-electron chi connectivity index (χ4n) is 2.67. The fourth-order valence-corrected chi connectivity index (χ4v) is 2.67. The van der Waals surface area contributed by atoms with E-state index < -0.39 is 17.8 Å². The molecule has 1 fully saturated rings. The number of aryl methyl sites for hydroxylation is 1. The van der Waals surface area contributed by atoms with Gasteiger partial charge in [0.1, 0.15) is 5.69 Å². The first-order valence-corrected chi connectivity index (χ1v) is 8.00. The van der Waals surface area contributed by atoms with Crippen molar-refractivity contribution >= 4 is 17.4 Å². The Bertz CT molecular complexity index is 805. The monoisotopic (exact) mass is 366 g/mol. The van der Waals surface area contributed by atoms with Crippen LogP contribution in [0.1, 0.15) is 21.7 Å². The zero-order chi connectivity index (χ0) is 18.7. The normalized spacial score (nSPS) is 15.0. The van der Waals surface area contributed by atoms with Gasteiger partial charge in [0, 0.05) is 19.3 Å². The highest BCUT2D eigenvalue weighted by atomic mass is 19.4. The number of ether oxygens (including phenoxy) is 1. The Kier molecular flexibility index (Phi) is 5.08. The second-order valence-electron chi connectivity index (χ2n) is 5.76. The van der Waals surface area contributed by atoms with Crippen LogP contribution in [0.25, 0.3) is 0 Å². The minimum absolute atomic E-state index is 0.00846. The SMILES string of the molecule is Cc1nc(C(F)(F)F)ccc1C(=O)Nc1cccnc1N1CCOCC1. The second-order valence-corrected chi connectivity index (χ2v) is 5.76. The maximum absolute atomic E-state index is 12.7. The first-order chi connectivity index (χ1) is 12.4. The molecule has 1 amide bonds. The van der Waals surface area contributed by atoms with Crippen molar-refractivity contribution < 1.29 is 22.7 Å². The quantitative estimate of drug-likeness (QED) is 0.905. The van der Waals surface area contributed by atoms with Crippen LogP contribution in [-0.2, 0) is 10.9 Å². The van der Waals surface area contributed by atoms with Crippen molar-refractivity contribution in [1.82, 2.24) is 9.97 Å². The predicted molar refractivity (Wildman–Crippen MR) is 89.2 cm³/mol. The molecule has 1 N–H and O–H groups in total. The topological polar surface area (TPSA) is 67.4 Å². The molecule has 6 nitrogen and oxygen atoms in total. The number of nitrogens with one attached hydrogen (secondary N) is 1. The Hall–Kier alpha value is -2.68. The summed E-state index contributed by atoms with van der Waals surface area (Å²) in [5.74, 6) is 0.0629. The van der Waals surface area contributed by atoms with E-state index in [9.17, 15) is 18.0 Å². The summed E-state index contributed by atoms with van der Waals surface area (Å²) in [5.41, 5.74) is -0.454. The molecule has 1 aliphatic heterocycles. The molecule has 0 bridgehead atoms. The van der Waals surface area contributed by atoms with Crippen LogP contribution in [-0.4, -0.2) is 42.2 Å². The lowest BCUT2D eigenvalue weighted by Crippen LogP contribution is -2.37. The van der Waals surface area contributed by atoms with E-state index in [0.717, 1.165) is 12.1 Å². The number of anilines is 2. The summed E-state index contributed by atoms with van der Waals surface area (Å²) in [6, 6.07) is 5.30. The molecule has 0 atom stereocenters. The summed E-state index contributed by atoms with van der Waals surface area (Å²) in [6.07, 6.45) is -2.93. The van der Waals surface area contributed by atoms with Gasteiger partial charge < -0.3 is 15.0 Å². The largest absolute Gasteiger partial charge is 0.433 e. The van der Waals surface area contributed by atoms with E-state index in [0.29, 0.717) is 37.8 Å². The zero-order valence-electron chi connectivity index (χ0n) is 14.0. The van der Waals surface area contributed by atoms with Crippen LogP contribution >= 0.6 is 0 Å². The van der Waals surface area contributed by atoms with Gasteiger partial charge >= 0.3 is 6.18 Å². The molecule has 0 aliphatic carbocycles. The third-order valence-corrected chi connectivity index (χ3v) is 3.97. The summed E-state index contributed by atoms with van der Waals surface area (Å²) < 4.78 is 43.5. The summed E-state index contributed by atoms with van der Waals surface area (Å²) in [5, 5.41) is 2.72. The summed E-state index contributed by atoms with van der Waals surface area (Å²) in [6.45, 7) is 3.77. The molecule has 2 aromatic heterocycles. The number of rotatable bonds is 3. The molecule has 1 aliphatic rings. The van der Waals surface area contributed by atoms with Gasteiger partial charge in [-0.3, -0.25) is 4.79 Å². The molecule has 3 heterocycles. The van der Waals surface area contributed by atoms with E-state index in [1.54, 1.807) is 18.3 Å². The molecule has 138 valence electrons. The van der Waals surface area contributed by atoms with Gasteiger partial charge in [0.25, 0.3) is 5.91 Å². The first-order valence-electron chi connectivity index (χ1n) is 8.00. The van der Waals surface area contributed by atoms with Crippen LogP contribution in [0.4, 0.5) is 24.7 Å². The predicted octanol–water partition coefficient (Wildman–Crippen LogP) is 2.89. The maximum atomic E-state index is 12.7. The van der Waals surface area contributed by atoms with E-state index in [2.05, 4.69) is 15.3 Å². The fraction of sp³-hybridized carbons (Fsp3) is 0.353. The molecular formula is C17H17F3N4O2. The Morgan fingerprint density at radius 3 is 2.62 bits per heavy atom. The molecular weight excluding hydrogens is 349 g/mol. The number of hydrogen-bond donors (Lipinski definition) is 1. The Balaban J connectivity index is 1.82. The van der Waals surface area contributed by atoms with Crippen LogP contribution < -0.4 is 10.2 Å². The highest BCUT2D eigenvalue weighted by molar-refractivity contribution is 6.06. The number of alkyl halides is 3. The lowest BCUT2D eigenvalue weighted by Gasteiger charge is -2.29. The standard InChI is InChI=1S/C17H17F3N4O2/c1-11-12(4-5-14(22-11)17(18,19)20)16(25)23-13-3-2-6-21-15(13)24-7-9-26-10-8-24/h2-6H,7-10H2,1H3,(H,23,25). The molecule has 0 unspecified atom stereocenters. The van der Waals surface area contributed by atoms with Gasteiger partial charge in [0.05, 0.1) is 30.2 Å². The second kappa shape index (κ2) is 7.28. The summed E-state index contributed by atoms with van der Waals surface area (Å²) >= 11 is 0. The number of carbonyl (C=O) groups excluding carboxylic acids is 1. The molecule has 0 spiro atoms. The average Bonchev–Trinajstić information content (AvgIpc) is 2.62. The first kappa shape index (κ1) is 18.1. The third kappa shape index (κ3) is 3.93. The van der Waals surface area contributed by atoms with Crippen molar-refractivity contribution in [2.45, 2.75) is 13.1 Å². The maximum Gasteiger partial charge on any atom is 0.433 e. The lowest BCUT2D eigenvalue weighted by molar-refractivity contribution is -0.141. The van der Waals surface area contributed by atoms with Crippen molar-refractivity contribution in [3.8, 4) is 0 Å². The van der Waals surface area contributed by atoms with Crippen molar-refractivity contribution in [2.24, 2.45) is 0 Å². The minimum Gasteiger partial charge on any atom is -0.378 e. The minimum atomic E-state index is -4.55. The third-order valence-electron chi connectivity index (χ3n) is 3.97. The number of nitrogens with zero attached hydrogens (tertiary/aromatic N) is 3. The smallest absolute Gasteiger partial charge is 0.378 e. The van der Waals surface area contributed by atoms with Gasteiger partial charge in [-0.15, -0.1) is 0 Å². The van der Waals surface area contributed by atoms with Crippen LogP contribution in [0.3, 0.4) is 0 Å². The van der Waals surface area contributed by atoms with Gasteiger partial charge in [0.2, 0.25) is 0 Å². The van der Waals surface area contributed by atoms with Crippen LogP contribution in [0, 0.1) is 6.92 Å². The highest BCUT2D eigenvalue weighted by Gasteiger charge is 2.33. The molecule has 2 aromatic rings. The molecule has 9 heteroatoms. The van der Waals surface area contributed by atoms with Gasteiger partial charge in [0.15, 0.2) is 5.82 Å². The van der Waals surface area contributed by atoms with Crippen molar-refractivity contribution in [3.05, 3.63) is 47.4 Å². The average molecular weight is 366 g/mol. The van der Waals surface area contributed by atoms with E-state index in [1.807, 2.05) is 4.90 Å². The molecule has 3 rings (SSSR count). The molecule has 0 aromatic carbocycles. The zero-order valence-corrected chi connectivity index (χ0v) is 14.0. The van der Waals surface area contributed by atoms with Crippen LogP contribution in [0.5, 0.6) is 0 Å². The number of carbonyl (C=O) groups is 1. The molecule has 1 saturated heterocycles. The van der Waals surface area contributed by atoms with E-state index >= 15 is 0 Å². The summed E-state index contributed by atoms with van der Waals surface area (Å²) in [7, 11) is 0. The Morgan fingerprint density at radius 1 is 1.23 bits per heavy atom. The molecule has 26 heavy (non-hydrogen) atoms. The van der Waals surface area contributed by atoms with Gasteiger partial charge in [-0.1, -0.05) is 0 Å². The highest BCUT2D eigenvalue weighted by Crippen LogP contribution is 2.29. The van der Waals surface area contributed by atoms with Crippen molar-refractivity contribution in [3.63, 3.8) is 0 Å². The van der Waals surface area contributed by atoms with Crippen LogP contribution in [0.2, 0.25) is 0 Å². The number of morpholine rings is 1. The number of hydrogen-bond acceptors (Lipinski definition) is 5. The number of halogens is 3. The van der Waals surface area contributed by atoms with Crippen molar-refractivity contribution in [1.29, 1.82) is 0 Å². The molecule has 0 saturated carbocycles. The summed E-state index contributed by atoms with van der Waals surface area (Å²) in [4.78, 5) is 22.3. The van der Waals surface area contributed by atoms with Gasteiger partial charge in [-0.05, 0) is 31.2 Å². The van der Waals surface area contributed by atoms with E-state index in [-0.39, 0.29) is 11.3 Å².